The third-order valence-corrected chi connectivity index (χ3v) is 1.46. The first-order chi connectivity index (χ1) is 3.85. The molecule has 1 nitrogen and oxygen atoms in total. The molecule has 1 radical (unpaired) electrons. The van der Waals surface area contributed by atoms with E-state index in [9.17, 15) is 4.79 Å². The first-order valence-electron chi connectivity index (χ1n) is 2.83. The van der Waals surface area contributed by atoms with Crippen LogP contribution in [-0.4, -0.2) is 12.0 Å². The average Bonchev–Trinajstić information content (AvgIpc) is 1.83. The van der Waals surface area contributed by atoms with Crippen molar-refractivity contribution in [3.8, 4) is 0 Å². The van der Waals surface area contributed by atoms with Crippen molar-refractivity contribution in [3.05, 3.63) is 0 Å². The molecule has 0 aromatic rings. The van der Waals surface area contributed by atoms with Gasteiger partial charge in [0.2, 0.25) is 0 Å². The molecule has 0 spiro atoms. The zero-order valence-electron chi connectivity index (χ0n) is 5.63. The number of hydrogen-bond acceptors (Lipinski definition) is 2. The monoisotopic (exact) mass is 220 g/mol. The minimum atomic E-state index is 0. The van der Waals surface area contributed by atoms with Crippen LogP contribution in [0.25, 0.3) is 0 Å². The van der Waals surface area contributed by atoms with Crippen molar-refractivity contribution in [1.82, 2.24) is 0 Å². The Bertz CT molecular complexity index is 68.1. The van der Waals surface area contributed by atoms with E-state index < -0.39 is 0 Å². The molecule has 0 saturated carbocycles. The molecule has 0 bridgehead atoms. The second kappa shape index (κ2) is 9.12. The third-order valence-electron chi connectivity index (χ3n) is 1.02. The van der Waals surface area contributed by atoms with E-state index >= 15 is 0 Å². The summed E-state index contributed by atoms with van der Waals surface area (Å²) >= 11 is 3.97. The van der Waals surface area contributed by atoms with Crippen LogP contribution in [0.3, 0.4) is 0 Å². The van der Waals surface area contributed by atoms with Crippen LogP contribution < -0.4 is 0 Å². The molecule has 0 aromatic carbocycles. The molecule has 0 aliphatic carbocycles. The summed E-state index contributed by atoms with van der Waals surface area (Å²) in [5, 5.41) is 0. The van der Waals surface area contributed by atoms with Gasteiger partial charge in [-0.1, -0.05) is 19.8 Å². The summed E-state index contributed by atoms with van der Waals surface area (Å²) in [6, 6.07) is 0. The smallest absolute Gasteiger partial charge is 0 e. The molecule has 0 heterocycles. The SMILES string of the molecule is CCCC([C-]=O)CS.[Y]. The summed E-state index contributed by atoms with van der Waals surface area (Å²) in [7, 11) is 0. The average molecular weight is 220 g/mol. The van der Waals surface area contributed by atoms with Crippen molar-refractivity contribution >= 4 is 18.9 Å². The van der Waals surface area contributed by atoms with E-state index in [2.05, 4.69) is 12.6 Å². The summed E-state index contributed by atoms with van der Waals surface area (Å²) in [5.74, 6) is 0.695. The van der Waals surface area contributed by atoms with Gasteiger partial charge in [-0.15, -0.1) is 5.92 Å². The molecule has 51 valence electrons. The molecule has 1 unspecified atom stereocenters. The van der Waals surface area contributed by atoms with Gasteiger partial charge in [-0.05, 0) is 5.75 Å². The number of rotatable bonds is 4. The van der Waals surface area contributed by atoms with Crippen molar-refractivity contribution in [2.24, 2.45) is 5.92 Å². The Labute approximate surface area is 87.3 Å². The second-order valence-electron chi connectivity index (χ2n) is 1.79. The Kier molecular flexibility index (Phi) is 12.9. The fourth-order valence-electron chi connectivity index (χ4n) is 0.536. The van der Waals surface area contributed by atoms with Crippen LogP contribution in [0.15, 0.2) is 0 Å². The molecule has 0 saturated heterocycles. The topological polar surface area (TPSA) is 17.1 Å². The predicted molar refractivity (Wildman–Crippen MR) is 37.9 cm³/mol. The first-order valence-corrected chi connectivity index (χ1v) is 3.47. The van der Waals surface area contributed by atoms with Crippen molar-refractivity contribution < 1.29 is 37.5 Å². The fraction of sp³-hybridized carbons (Fsp3) is 0.833. The van der Waals surface area contributed by atoms with Crippen molar-refractivity contribution in [2.45, 2.75) is 19.8 Å². The molecule has 0 aromatic heterocycles. The van der Waals surface area contributed by atoms with Gasteiger partial charge in [0.1, 0.15) is 0 Å². The third kappa shape index (κ3) is 7.02. The van der Waals surface area contributed by atoms with Gasteiger partial charge < -0.3 is 4.79 Å². The van der Waals surface area contributed by atoms with Crippen LogP contribution in [-0.2, 0) is 37.5 Å². The van der Waals surface area contributed by atoms with E-state index in [1.54, 1.807) is 0 Å². The number of carbonyl (C=O) groups excluding carboxylic acids is 1. The second-order valence-corrected chi connectivity index (χ2v) is 2.15. The van der Waals surface area contributed by atoms with Crippen LogP contribution in [0.4, 0.5) is 0 Å². The van der Waals surface area contributed by atoms with Gasteiger partial charge in [0.15, 0.2) is 0 Å². The minimum absolute atomic E-state index is 0. The van der Waals surface area contributed by atoms with E-state index in [1.807, 2.05) is 13.2 Å². The van der Waals surface area contributed by atoms with Crippen LogP contribution in [0.1, 0.15) is 19.8 Å². The largest absolute Gasteiger partial charge is 0.541 e. The molecule has 0 amide bonds. The standard InChI is InChI=1S/C6H11OS.Y/c1-2-3-6(4-7)5-8;/h6,8H,2-3,5H2,1H3;/q-1;. The Morgan fingerprint density at radius 1 is 1.67 bits per heavy atom. The molecule has 0 rings (SSSR count). The first kappa shape index (κ1) is 12.8. The molecule has 0 aliphatic rings. The number of thiol groups is 1. The van der Waals surface area contributed by atoms with Crippen molar-refractivity contribution in [1.29, 1.82) is 0 Å². The molecule has 1 atom stereocenters. The van der Waals surface area contributed by atoms with Gasteiger partial charge in [-0.3, -0.25) is 6.29 Å². The van der Waals surface area contributed by atoms with Crippen LogP contribution in [0.2, 0.25) is 0 Å². The van der Waals surface area contributed by atoms with Gasteiger partial charge >= 0.3 is 0 Å². The Morgan fingerprint density at radius 2 is 2.22 bits per heavy atom. The van der Waals surface area contributed by atoms with Gasteiger partial charge in [-0.25, -0.2) is 0 Å². The van der Waals surface area contributed by atoms with E-state index in [0.29, 0.717) is 5.75 Å². The maximum atomic E-state index is 9.95. The summed E-state index contributed by atoms with van der Waals surface area (Å²) in [6.07, 6.45) is 3.89. The molecule has 0 fully saturated rings. The van der Waals surface area contributed by atoms with Gasteiger partial charge in [0.05, 0.1) is 0 Å². The van der Waals surface area contributed by atoms with E-state index in [0.717, 1.165) is 12.8 Å². The molecule has 0 aliphatic heterocycles. The molecule has 9 heavy (non-hydrogen) atoms. The normalized spacial score (nSPS) is 11.8. The van der Waals surface area contributed by atoms with Gasteiger partial charge in [0, 0.05) is 32.7 Å². The molecular weight excluding hydrogens is 209 g/mol. The summed E-state index contributed by atoms with van der Waals surface area (Å²) in [4.78, 5) is 9.95. The quantitative estimate of drug-likeness (QED) is 0.560. The van der Waals surface area contributed by atoms with Crippen LogP contribution >= 0.6 is 12.6 Å². The zero-order valence-corrected chi connectivity index (χ0v) is 9.36. The van der Waals surface area contributed by atoms with Gasteiger partial charge in [-0.2, -0.15) is 12.6 Å². The van der Waals surface area contributed by atoms with Crippen LogP contribution in [0, 0.1) is 5.92 Å². The maximum Gasteiger partial charge on any atom is 0 e. The van der Waals surface area contributed by atoms with E-state index in [1.165, 1.54) is 0 Å². The van der Waals surface area contributed by atoms with Gasteiger partial charge in [0.25, 0.3) is 0 Å². The summed E-state index contributed by atoms with van der Waals surface area (Å²) in [6.45, 7) is 2.05. The molecule has 0 N–H and O–H groups in total. The Morgan fingerprint density at radius 3 is 2.33 bits per heavy atom. The Hall–Kier alpha value is 1.12. The summed E-state index contributed by atoms with van der Waals surface area (Å²) in [5.41, 5.74) is 0. The van der Waals surface area contributed by atoms with E-state index in [4.69, 9.17) is 0 Å². The predicted octanol–water partition coefficient (Wildman–Crippen LogP) is 1.44. The fourth-order valence-corrected chi connectivity index (χ4v) is 0.793. The molecule has 3 heteroatoms. The zero-order chi connectivity index (χ0) is 6.41. The maximum absolute atomic E-state index is 9.95. The van der Waals surface area contributed by atoms with Crippen molar-refractivity contribution in [3.63, 3.8) is 0 Å². The van der Waals surface area contributed by atoms with Crippen LogP contribution in [0.5, 0.6) is 0 Å². The van der Waals surface area contributed by atoms with E-state index in [-0.39, 0.29) is 38.6 Å². The Balaban J connectivity index is 0. The summed E-state index contributed by atoms with van der Waals surface area (Å²) < 4.78 is 0. The minimum Gasteiger partial charge on any atom is -0.541 e. The number of hydrogen-bond donors (Lipinski definition) is 1. The van der Waals surface area contributed by atoms with Crippen molar-refractivity contribution in [2.75, 3.05) is 5.75 Å². The molecular formula is C6H11OSY-.